The van der Waals surface area contributed by atoms with Crippen molar-refractivity contribution in [3.63, 3.8) is 0 Å². The van der Waals surface area contributed by atoms with Gasteiger partial charge in [0.2, 0.25) is 0 Å². The van der Waals surface area contributed by atoms with Gasteiger partial charge in [-0.25, -0.2) is 0 Å². The van der Waals surface area contributed by atoms with Gasteiger partial charge in [-0.15, -0.1) is 15.8 Å². The van der Waals surface area contributed by atoms with Gasteiger partial charge in [-0.2, -0.15) is 0 Å². The Kier molecular flexibility index (Phi) is 13.6. The summed E-state index contributed by atoms with van der Waals surface area (Å²) in [5, 5.41) is 0. The van der Waals surface area contributed by atoms with Crippen molar-refractivity contribution in [3.8, 4) is 0 Å². The molecule has 4 unspecified atom stereocenters. The quantitative estimate of drug-likeness (QED) is 0.422. The topological polar surface area (TPSA) is 0 Å². The Bertz CT molecular complexity index is 258. The Morgan fingerprint density at radius 3 is 1.08 bits per heavy atom. The summed E-state index contributed by atoms with van der Waals surface area (Å²) in [6, 6.07) is 0. The van der Waals surface area contributed by atoms with Gasteiger partial charge in [-0.3, -0.25) is 0 Å². The molecule has 2 aliphatic heterocycles. The van der Waals surface area contributed by atoms with Gasteiger partial charge in [-0.05, 0) is 72.5 Å². The molecule has 0 radical (unpaired) electrons. The Morgan fingerprint density at radius 2 is 0.880 bits per heavy atom. The number of rotatable bonds is 4. The number of hydrogen-bond acceptors (Lipinski definition) is 0. The summed E-state index contributed by atoms with van der Waals surface area (Å²) in [5.74, 6) is 1.86. The number of hydrogen-bond donors (Lipinski definition) is 0. The summed E-state index contributed by atoms with van der Waals surface area (Å²) >= 11 is 0. The lowest BCUT2D eigenvalue weighted by Crippen LogP contribution is -2.22. The van der Waals surface area contributed by atoms with E-state index in [-0.39, 0.29) is 7.43 Å². The zero-order valence-electron chi connectivity index (χ0n) is 18.0. The first kappa shape index (κ1) is 25.9. The van der Waals surface area contributed by atoms with Gasteiger partial charge in [0, 0.05) is 0 Å². The van der Waals surface area contributed by atoms with E-state index in [1.165, 1.54) is 38.5 Å². The monoisotopic (exact) mass is 388 g/mol. The summed E-state index contributed by atoms with van der Waals surface area (Å²) in [5.41, 5.74) is 4.09. The minimum atomic E-state index is 0. The van der Waals surface area contributed by atoms with E-state index in [1.807, 2.05) is 0 Å². The molecular weight excluding hydrogens is 338 g/mol. The van der Waals surface area contributed by atoms with Crippen LogP contribution in [0.25, 0.3) is 0 Å². The van der Waals surface area contributed by atoms with Crippen LogP contribution in [0.15, 0.2) is 0 Å². The molecule has 2 heterocycles. The van der Waals surface area contributed by atoms with Crippen LogP contribution in [0.5, 0.6) is 0 Å². The predicted octanol–water partition coefficient (Wildman–Crippen LogP) is 8.81. The summed E-state index contributed by atoms with van der Waals surface area (Å²) in [6.07, 6.45) is 12.1. The van der Waals surface area contributed by atoms with Crippen molar-refractivity contribution in [2.24, 2.45) is 11.8 Å². The highest BCUT2D eigenvalue weighted by Gasteiger charge is 2.29. The molecule has 0 amide bonds. The molecular formula is C23H50P2. The maximum atomic E-state index is 2.42. The van der Waals surface area contributed by atoms with E-state index in [1.54, 1.807) is 12.3 Å². The lowest BCUT2D eigenvalue weighted by Gasteiger charge is -2.37. The van der Waals surface area contributed by atoms with E-state index >= 15 is 0 Å². The summed E-state index contributed by atoms with van der Waals surface area (Å²) in [7, 11) is 0.733. The fraction of sp³-hybridized carbons (Fsp3) is 1.00. The third kappa shape index (κ3) is 8.60. The van der Waals surface area contributed by atoms with Crippen LogP contribution in [0.3, 0.4) is 0 Å². The normalized spacial score (nSPS) is 30.2. The van der Waals surface area contributed by atoms with Gasteiger partial charge in [0.25, 0.3) is 0 Å². The largest absolute Gasteiger partial charge is 0.101 e. The fourth-order valence-electron chi connectivity index (χ4n) is 4.67. The van der Waals surface area contributed by atoms with Crippen molar-refractivity contribution < 1.29 is 0 Å². The first-order valence-corrected chi connectivity index (χ1v) is 14.1. The second-order valence-electron chi connectivity index (χ2n) is 9.28. The Morgan fingerprint density at radius 1 is 0.560 bits per heavy atom. The van der Waals surface area contributed by atoms with Gasteiger partial charge in [-0.1, -0.05) is 75.7 Å². The van der Waals surface area contributed by atoms with Crippen molar-refractivity contribution in [1.82, 2.24) is 0 Å². The van der Waals surface area contributed by atoms with E-state index < -0.39 is 0 Å². The molecule has 4 atom stereocenters. The summed E-state index contributed by atoms with van der Waals surface area (Å²) in [6.45, 7) is 19.3. The van der Waals surface area contributed by atoms with Gasteiger partial charge >= 0.3 is 0 Å². The van der Waals surface area contributed by atoms with Crippen molar-refractivity contribution in [2.45, 2.75) is 124 Å². The first-order valence-electron chi connectivity index (χ1n) is 10.8. The SMILES string of the molecule is C.CC(C)C1CCCCP1C(C)C.CC(C)C1CCCCP1C(C)C. The minimum absolute atomic E-state index is 0. The van der Waals surface area contributed by atoms with Crippen LogP contribution >= 0.6 is 15.8 Å². The second-order valence-corrected chi connectivity index (χ2v) is 15.6. The molecule has 0 aliphatic carbocycles. The summed E-state index contributed by atoms with van der Waals surface area (Å²) in [4.78, 5) is 0. The second kappa shape index (κ2) is 13.1. The predicted molar refractivity (Wildman–Crippen MR) is 126 cm³/mol. The lowest BCUT2D eigenvalue weighted by atomic mass is 10.0. The van der Waals surface area contributed by atoms with Crippen LogP contribution in [0.1, 0.15) is 101 Å². The van der Waals surface area contributed by atoms with Crippen molar-refractivity contribution in [3.05, 3.63) is 0 Å². The minimum Gasteiger partial charge on any atom is -0.101 e. The van der Waals surface area contributed by atoms with Crippen LogP contribution in [-0.2, 0) is 0 Å². The molecule has 0 saturated carbocycles. The molecule has 2 saturated heterocycles. The van der Waals surface area contributed by atoms with Crippen molar-refractivity contribution >= 4 is 15.8 Å². The standard InChI is InChI=1S/2C11H23P.CH4/c2*1-9(2)11-7-5-6-8-12(11)10(3)4;/h2*9-11H,5-8H2,1-4H3;1H4. The van der Waals surface area contributed by atoms with E-state index in [0.717, 1.165) is 34.5 Å². The zero-order chi connectivity index (χ0) is 18.3. The highest BCUT2D eigenvalue weighted by Crippen LogP contribution is 2.55. The van der Waals surface area contributed by atoms with Crippen molar-refractivity contribution in [2.75, 3.05) is 12.3 Å². The molecule has 0 bridgehead atoms. The molecule has 0 aromatic heterocycles. The smallest absolute Gasteiger partial charge is 0.0184 e. The van der Waals surface area contributed by atoms with Crippen LogP contribution < -0.4 is 0 Å². The molecule has 2 aliphatic rings. The average molecular weight is 389 g/mol. The zero-order valence-corrected chi connectivity index (χ0v) is 19.8. The fourth-order valence-corrected chi connectivity index (χ4v) is 11.6. The van der Waals surface area contributed by atoms with E-state index in [0.29, 0.717) is 15.8 Å². The van der Waals surface area contributed by atoms with Crippen molar-refractivity contribution in [1.29, 1.82) is 0 Å². The molecule has 2 rings (SSSR count). The molecule has 0 aromatic carbocycles. The molecule has 2 fully saturated rings. The van der Waals surface area contributed by atoms with Crippen LogP contribution in [-0.4, -0.2) is 35.0 Å². The molecule has 0 aromatic rings. The highest BCUT2D eigenvalue weighted by atomic mass is 31.1. The lowest BCUT2D eigenvalue weighted by molar-refractivity contribution is 0.523. The third-order valence-electron chi connectivity index (χ3n) is 6.05. The Hall–Kier alpha value is 0.860. The van der Waals surface area contributed by atoms with Gasteiger partial charge in [0.05, 0.1) is 0 Å². The maximum Gasteiger partial charge on any atom is -0.0184 e. The third-order valence-corrected chi connectivity index (χ3v) is 13.8. The van der Waals surface area contributed by atoms with E-state index in [4.69, 9.17) is 0 Å². The van der Waals surface area contributed by atoms with Crippen LogP contribution in [0.4, 0.5) is 0 Å². The molecule has 0 spiro atoms. The Balaban J connectivity index is 0.000000443. The summed E-state index contributed by atoms with van der Waals surface area (Å²) < 4.78 is 0. The Labute approximate surface area is 164 Å². The molecule has 152 valence electrons. The van der Waals surface area contributed by atoms with Gasteiger partial charge < -0.3 is 0 Å². The van der Waals surface area contributed by atoms with E-state index in [9.17, 15) is 0 Å². The highest BCUT2D eigenvalue weighted by molar-refractivity contribution is 7.59. The molecule has 0 nitrogen and oxygen atoms in total. The van der Waals surface area contributed by atoms with Gasteiger partial charge in [0.1, 0.15) is 0 Å². The van der Waals surface area contributed by atoms with Crippen LogP contribution in [0, 0.1) is 11.8 Å². The van der Waals surface area contributed by atoms with Crippen LogP contribution in [0.2, 0.25) is 0 Å². The maximum absolute atomic E-state index is 2.42. The molecule has 2 heteroatoms. The molecule has 25 heavy (non-hydrogen) atoms. The molecule has 0 N–H and O–H groups in total. The van der Waals surface area contributed by atoms with E-state index in [2.05, 4.69) is 55.4 Å². The first-order chi connectivity index (χ1) is 11.3. The van der Waals surface area contributed by atoms with Gasteiger partial charge in [0.15, 0.2) is 0 Å². The average Bonchev–Trinajstić information content (AvgIpc) is 2.55.